The Labute approximate surface area is 120 Å². The molecular formula is C10H15N3O6S. The third kappa shape index (κ3) is 6.64. The van der Waals surface area contributed by atoms with Gasteiger partial charge in [0.05, 0.1) is 25.8 Å². The van der Waals surface area contributed by atoms with Crippen LogP contribution in [0, 0.1) is 0 Å². The standard InChI is InChI=1S/C10H15N3O6S/c1-18-7(14)4-13(5-8(15)19-2)10(17)9(16)12-3-6(11)20/h3-5H2,1-2H3,(H2,11,20)(H,12,16). The van der Waals surface area contributed by atoms with E-state index in [1.165, 1.54) is 0 Å². The Balaban J connectivity index is 4.77. The van der Waals surface area contributed by atoms with Crippen molar-refractivity contribution in [3.05, 3.63) is 0 Å². The molecule has 0 aliphatic rings. The number of nitrogens with zero attached hydrogens (tertiary/aromatic N) is 1. The predicted octanol–water partition coefficient (Wildman–Crippen LogP) is -2.44. The number of hydrogen-bond donors (Lipinski definition) is 2. The summed E-state index contributed by atoms with van der Waals surface area (Å²) in [4.78, 5) is 46.2. The summed E-state index contributed by atoms with van der Waals surface area (Å²) in [5, 5.41) is 2.14. The number of esters is 2. The molecule has 112 valence electrons. The summed E-state index contributed by atoms with van der Waals surface area (Å²) in [5.41, 5.74) is 5.17. The number of hydrogen-bond acceptors (Lipinski definition) is 7. The second-order valence-corrected chi connectivity index (χ2v) is 3.99. The number of thiocarbonyl (C=S) groups is 1. The lowest BCUT2D eigenvalue weighted by atomic mass is 10.4. The van der Waals surface area contributed by atoms with E-state index in [4.69, 9.17) is 5.73 Å². The Morgan fingerprint density at radius 2 is 1.55 bits per heavy atom. The van der Waals surface area contributed by atoms with Crippen LogP contribution in [0.25, 0.3) is 0 Å². The van der Waals surface area contributed by atoms with Crippen molar-refractivity contribution in [1.29, 1.82) is 0 Å². The van der Waals surface area contributed by atoms with Crippen molar-refractivity contribution in [3.63, 3.8) is 0 Å². The number of methoxy groups -OCH3 is 2. The molecule has 2 amide bonds. The predicted molar refractivity (Wildman–Crippen MR) is 70.4 cm³/mol. The van der Waals surface area contributed by atoms with E-state index in [1.54, 1.807) is 0 Å². The third-order valence-corrected chi connectivity index (χ3v) is 2.14. The van der Waals surface area contributed by atoms with Crippen LogP contribution in [0.3, 0.4) is 0 Å². The molecule has 0 aromatic rings. The van der Waals surface area contributed by atoms with Crippen molar-refractivity contribution in [3.8, 4) is 0 Å². The fourth-order valence-electron chi connectivity index (χ4n) is 1.03. The zero-order valence-corrected chi connectivity index (χ0v) is 11.8. The summed E-state index contributed by atoms with van der Waals surface area (Å²) in [6.45, 7) is -1.31. The van der Waals surface area contributed by atoms with Crippen molar-refractivity contribution < 1.29 is 28.7 Å². The van der Waals surface area contributed by atoms with Gasteiger partial charge in [0.2, 0.25) is 0 Å². The highest BCUT2D eigenvalue weighted by atomic mass is 32.1. The van der Waals surface area contributed by atoms with Crippen molar-refractivity contribution >= 4 is 41.0 Å². The lowest BCUT2D eigenvalue weighted by molar-refractivity contribution is -0.155. The maximum Gasteiger partial charge on any atom is 0.325 e. The van der Waals surface area contributed by atoms with Gasteiger partial charge >= 0.3 is 23.8 Å². The summed E-state index contributed by atoms with van der Waals surface area (Å²) >= 11 is 4.53. The number of carbonyl (C=O) groups is 4. The average molecular weight is 305 g/mol. The maximum atomic E-state index is 11.8. The first kappa shape index (κ1) is 17.8. The summed E-state index contributed by atoms with van der Waals surface area (Å²) < 4.78 is 8.73. The maximum absolute atomic E-state index is 11.8. The summed E-state index contributed by atoms with van der Waals surface area (Å²) in [7, 11) is 2.21. The number of nitrogens with one attached hydrogen (secondary N) is 1. The molecule has 0 spiro atoms. The molecule has 0 aliphatic carbocycles. The first-order chi connectivity index (χ1) is 9.31. The van der Waals surface area contributed by atoms with Gasteiger partial charge in [0, 0.05) is 0 Å². The van der Waals surface area contributed by atoms with Crippen LogP contribution < -0.4 is 11.1 Å². The molecule has 0 atom stereocenters. The SMILES string of the molecule is COC(=O)CN(CC(=O)OC)C(=O)C(=O)NCC(N)=S. The molecule has 20 heavy (non-hydrogen) atoms. The minimum absolute atomic E-state index is 0.0152. The molecular weight excluding hydrogens is 290 g/mol. The van der Waals surface area contributed by atoms with E-state index >= 15 is 0 Å². The molecule has 0 unspecified atom stereocenters. The van der Waals surface area contributed by atoms with Gasteiger partial charge in [-0.05, 0) is 0 Å². The zero-order valence-electron chi connectivity index (χ0n) is 11.0. The van der Waals surface area contributed by atoms with Crippen LogP contribution in [0.5, 0.6) is 0 Å². The Kier molecular flexibility index (Phi) is 7.82. The van der Waals surface area contributed by atoms with Gasteiger partial charge in [-0.3, -0.25) is 19.2 Å². The Morgan fingerprint density at radius 1 is 1.10 bits per heavy atom. The minimum atomic E-state index is -1.10. The lowest BCUT2D eigenvalue weighted by Crippen LogP contribution is -2.48. The molecule has 0 aliphatic heterocycles. The first-order valence-corrected chi connectivity index (χ1v) is 5.71. The largest absolute Gasteiger partial charge is 0.468 e. The third-order valence-electron chi connectivity index (χ3n) is 2.00. The molecule has 9 nitrogen and oxygen atoms in total. The van der Waals surface area contributed by atoms with Crippen molar-refractivity contribution in [2.24, 2.45) is 5.73 Å². The number of nitrogens with two attached hydrogens (primary N) is 1. The highest BCUT2D eigenvalue weighted by Crippen LogP contribution is 1.94. The van der Waals surface area contributed by atoms with Gasteiger partial charge in [-0.1, -0.05) is 12.2 Å². The van der Waals surface area contributed by atoms with Crippen LogP contribution in [-0.4, -0.2) is 67.5 Å². The van der Waals surface area contributed by atoms with E-state index in [9.17, 15) is 19.2 Å². The molecule has 10 heteroatoms. The molecule has 0 aromatic carbocycles. The topological polar surface area (TPSA) is 128 Å². The quantitative estimate of drug-likeness (QED) is 0.315. The molecule has 0 saturated carbocycles. The van der Waals surface area contributed by atoms with Gasteiger partial charge < -0.3 is 25.4 Å². The fraction of sp³-hybridized carbons (Fsp3) is 0.500. The van der Waals surface area contributed by atoms with Crippen molar-refractivity contribution in [2.45, 2.75) is 0 Å². The Hall–Kier alpha value is -2.23. The van der Waals surface area contributed by atoms with Crippen LogP contribution in [0.15, 0.2) is 0 Å². The molecule has 0 saturated heterocycles. The molecule has 3 N–H and O–H groups in total. The van der Waals surface area contributed by atoms with E-state index < -0.39 is 36.8 Å². The molecule has 0 radical (unpaired) electrons. The highest BCUT2D eigenvalue weighted by molar-refractivity contribution is 7.80. The normalized spacial score (nSPS) is 9.30. The van der Waals surface area contributed by atoms with E-state index in [1.807, 2.05) is 0 Å². The summed E-state index contributed by atoms with van der Waals surface area (Å²) in [6.07, 6.45) is 0. The Morgan fingerprint density at radius 3 is 1.90 bits per heavy atom. The van der Waals surface area contributed by atoms with E-state index in [2.05, 4.69) is 27.0 Å². The number of rotatable bonds is 6. The van der Waals surface area contributed by atoms with Crippen LogP contribution in [0.4, 0.5) is 0 Å². The smallest absolute Gasteiger partial charge is 0.325 e. The highest BCUT2D eigenvalue weighted by Gasteiger charge is 2.26. The van der Waals surface area contributed by atoms with Crippen LogP contribution in [-0.2, 0) is 28.7 Å². The Bertz CT molecular complexity index is 407. The number of carbonyl (C=O) groups excluding carboxylic acids is 4. The van der Waals surface area contributed by atoms with E-state index in [0.29, 0.717) is 4.90 Å². The molecule has 0 rings (SSSR count). The van der Waals surface area contributed by atoms with Gasteiger partial charge in [0.1, 0.15) is 13.1 Å². The fourth-order valence-corrected chi connectivity index (χ4v) is 1.10. The average Bonchev–Trinajstić information content (AvgIpc) is 2.42. The minimum Gasteiger partial charge on any atom is -0.468 e. The lowest BCUT2D eigenvalue weighted by Gasteiger charge is -2.19. The van der Waals surface area contributed by atoms with Crippen LogP contribution >= 0.6 is 12.2 Å². The molecule has 0 bridgehead atoms. The number of ether oxygens (including phenoxy) is 2. The number of amides is 2. The van der Waals surface area contributed by atoms with Crippen molar-refractivity contribution in [2.75, 3.05) is 33.9 Å². The second-order valence-electron chi connectivity index (χ2n) is 3.46. The van der Waals surface area contributed by atoms with Crippen LogP contribution in [0.2, 0.25) is 0 Å². The summed E-state index contributed by atoms with van der Waals surface area (Å²) in [6, 6.07) is 0. The molecule has 0 heterocycles. The van der Waals surface area contributed by atoms with Gasteiger partial charge in [0.25, 0.3) is 0 Å². The van der Waals surface area contributed by atoms with Gasteiger partial charge in [-0.25, -0.2) is 0 Å². The summed E-state index contributed by atoms with van der Waals surface area (Å²) in [5.74, 6) is -3.73. The first-order valence-electron chi connectivity index (χ1n) is 5.30. The van der Waals surface area contributed by atoms with Gasteiger partial charge in [0.15, 0.2) is 0 Å². The van der Waals surface area contributed by atoms with Crippen LogP contribution in [0.1, 0.15) is 0 Å². The zero-order chi connectivity index (χ0) is 15.7. The van der Waals surface area contributed by atoms with E-state index in [0.717, 1.165) is 14.2 Å². The molecule has 0 fully saturated rings. The second kappa shape index (κ2) is 8.80. The van der Waals surface area contributed by atoms with Gasteiger partial charge in [-0.15, -0.1) is 0 Å². The van der Waals surface area contributed by atoms with Crippen molar-refractivity contribution in [1.82, 2.24) is 10.2 Å². The monoisotopic (exact) mass is 305 g/mol. The van der Waals surface area contributed by atoms with Gasteiger partial charge in [-0.2, -0.15) is 0 Å². The van der Waals surface area contributed by atoms with E-state index in [-0.39, 0.29) is 11.5 Å². The molecule has 0 aromatic heterocycles.